The molecule has 1 aliphatic heterocycles. The topological polar surface area (TPSA) is 37.4 Å². The van der Waals surface area contributed by atoms with Crippen LogP contribution in [0, 0.1) is 5.92 Å². The molecule has 0 aromatic carbocycles. The highest BCUT2D eigenvalue weighted by atomic mass is 16.2. The maximum Gasteiger partial charge on any atom is 0.160 e. The van der Waals surface area contributed by atoms with E-state index in [4.69, 9.17) is 0 Å². The molecule has 1 rings (SSSR count). The molecule has 0 amide bonds. The molecule has 0 bridgehead atoms. The van der Waals surface area contributed by atoms with Gasteiger partial charge in [-0.3, -0.25) is 14.5 Å². The van der Waals surface area contributed by atoms with E-state index in [1.165, 1.54) is 6.92 Å². The van der Waals surface area contributed by atoms with Crippen LogP contribution in [0.2, 0.25) is 0 Å². The molecule has 0 N–H and O–H groups in total. The Balaban J connectivity index is 2.72. The molecule has 1 saturated heterocycles. The fraction of sp³-hybridized carbons (Fsp3) is 0.778. The van der Waals surface area contributed by atoms with Gasteiger partial charge in [0.15, 0.2) is 5.78 Å². The van der Waals surface area contributed by atoms with Crippen molar-refractivity contribution in [3.63, 3.8) is 0 Å². The summed E-state index contributed by atoms with van der Waals surface area (Å²) in [6.45, 7) is 4.20. The molecule has 68 valence electrons. The van der Waals surface area contributed by atoms with E-state index in [2.05, 4.69) is 0 Å². The summed E-state index contributed by atoms with van der Waals surface area (Å²) in [5, 5.41) is 0. The van der Waals surface area contributed by atoms with Crippen molar-refractivity contribution >= 4 is 11.6 Å². The number of likely N-dealkylation sites (tertiary alicyclic amines) is 1. The maximum atomic E-state index is 11.5. The van der Waals surface area contributed by atoms with Crippen LogP contribution in [0.5, 0.6) is 0 Å². The molecule has 0 aromatic rings. The van der Waals surface area contributed by atoms with Gasteiger partial charge in [0.25, 0.3) is 0 Å². The predicted octanol–water partition coefficient (Wildman–Crippen LogP) is 0.485. The quantitative estimate of drug-likeness (QED) is 0.536. The zero-order valence-corrected chi connectivity index (χ0v) is 7.83. The highest BCUT2D eigenvalue weighted by molar-refractivity contribution is 6.04. The Morgan fingerprint density at radius 1 is 1.58 bits per heavy atom. The van der Waals surface area contributed by atoms with Crippen LogP contribution in [0.3, 0.4) is 0 Å². The SMILES string of the molecule is CC(=O)C1CCN(C)C(C)C1=O. The lowest BCUT2D eigenvalue weighted by Crippen LogP contribution is -2.47. The van der Waals surface area contributed by atoms with Gasteiger partial charge in [-0.25, -0.2) is 0 Å². The third kappa shape index (κ3) is 1.55. The first-order valence-corrected chi connectivity index (χ1v) is 4.28. The van der Waals surface area contributed by atoms with Crippen LogP contribution in [0.25, 0.3) is 0 Å². The van der Waals surface area contributed by atoms with E-state index in [0.717, 1.165) is 6.54 Å². The van der Waals surface area contributed by atoms with Crippen LogP contribution < -0.4 is 0 Å². The molecule has 2 atom stereocenters. The Morgan fingerprint density at radius 2 is 2.17 bits per heavy atom. The predicted molar refractivity (Wildman–Crippen MR) is 45.9 cm³/mol. The van der Waals surface area contributed by atoms with Crippen molar-refractivity contribution < 1.29 is 9.59 Å². The van der Waals surface area contributed by atoms with E-state index in [1.807, 2.05) is 18.9 Å². The molecular formula is C9H15NO2. The molecule has 1 heterocycles. The first-order chi connectivity index (χ1) is 5.54. The van der Waals surface area contributed by atoms with E-state index in [9.17, 15) is 9.59 Å². The van der Waals surface area contributed by atoms with Crippen LogP contribution in [0.1, 0.15) is 20.3 Å². The molecule has 1 fully saturated rings. The van der Waals surface area contributed by atoms with E-state index in [-0.39, 0.29) is 23.5 Å². The average Bonchev–Trinajstić information content (AvgIpc) is 2.00. The molecule has 2 unspecified atom stereocenters. The maximum absolute atomic E-state index is 11.5. The minimum Gasteiger partial charge on any atom is -0.299 e. The summed E-state index contributed by atoms with van der Waals surface area (Å²) >= 11 is 0. The van der Waals surface area contributed by atoms with Crippen molar-refractivity contribution in [1.29, 1.82) is 0 Å². The normalized spacial score (nSPS) is 32.1. The Kier molecular flexibility index (Phi) is 2.62. The minimum atomic E-state index is -0.337. The summed E-state index contributed by atoms with van der Waals surface area (Å²) in [5.74, 6) is -0.243. The Morgan fingerprint density at radius 3 is 2.67 bits per heavy atom. The third-order valence-electron chi connectivity index (χ3n) is 2.68. The highest BCUT2D eigenvalue weighted by Gasteiger charge is 2.33. The van der Waals surface area contributed by atoms with Crippen molar-refractivity contribution in [3.05, 3.63) is 0 Å². The molecule has 0 aliphatic carbocycles. The van der Waals surface area contributed by atoms with Gasteiger partial charge in [0.05, 0.1) is 12.0 Å². The summed E-state index contributed by atoms with van der Waals surface area (Å²) in [6, 6.07) is -0.0901. The lowest BCUT2D eigenvalue weighted by molar-refractivity contribution is -0.137. The summed E-state index contributed by atoms with van der Waals surface area (Å²) < 4.78 is 0. The van der Waals surface area contributed by atoms with E-state index in [1.54, 1.807) is 0 Å². The number of carbonyl (C=O) groups is 2. The van der Waals surface area contributed by atoms with Gasteiger partial charge in [-0.15, -0.1) is 0 Å². The number of Topliss-reactive ketones (excluding diaryl/α,β-unsaturated/α-hetero) is 2. The van der Waals surface area contributed by atoms with Gasteiger partial charge in [-0.1, -0.05) is 0 Å². The number of hydrogen-bond acceptors (Lipinski definition) is 3. The summed E-state index contributed by atoms with van der Waals surface area (Å²) in [5.41, 5.74) is 0. The van der Waals surface area contributed by atoms with Gasteiger partial charge < -0.3 is 0 Å². The van der Waals surface area contributed by atoms with Crippen molar-refractivity contribution in [2.75, 3.05) is 13.6 Å². The fourth-order valence-electron chi connectivity index (χ4n) is 1.58. The molecule has 0 spiro atoms. The Hall–Kier alpha value is -0.700. The van der Waals surface area contributed by atoms with Crippen LogP contribution in [0.4, 0.5) is 0 Å². The number of likely N-dealkylation sites (N-methyl/N-ethyl adjacent to an activating group) is 1. The molecule has 12 heavy (non-hydrogen) atoms. The van der Waals surface area contributed by atoms with Crippen LogP contribution in [-0.2, 0) is 9.59 Å². The van der Waals surface area contributed by atoms with Gasteiger partial charge >= 0.3 is 0 Å². The van der Waals surface area contributed by atoms with Crippen LogP contribution in [0.15, 0.2) is 0 Å². The van der Waals surface area contributed by atoms with Gasteiger partial charge in [-0.2, -0.15) is 0 Å². The second-order valence-corrected chi connectivity index (χ2v) is 3.51. The van der Waals surface area contributed by atoms with Crippen LogP contribution in [-0.4, -0.2) is 36.1 Å². The highest BCUT2D eigenvalue weighted by Crippen LogP contribution is 2.18. The van der Waals surface area contributed by atoms with Gasteiger partial charge in [0, 0.05) is 0 Å². The molecule has 0 radical (unpaired) electrons. The zero-order chi connectivity index (χ0) is 9.30. The number of nitrogens with zero attached hydrogens (tertiary/aromatic N) is 1. The summed E-state index contributed by atoms with van der Waals surface area (Å²) in [4.78, 5) is 24.5. The monoisotopic (exact) mass is 169 g/mol. The van der Waals surface area contributed by atoms with Crippen LogP contribution >= 0.6 is 0 Å². The molecule has 1 aliphatic rings. The van der Waals surface area contributed by atoms with E-state index in [0.29, 0.717) is 6.42 Å². The Labute approximate surface area is 72.7 Å². The molecule has 3 nitrogen and oxygen atoms in total. The van der Waals surface area contributed by atoms with Crippen molar-refractivity contribution in [2.45, 2.75) is 26.3 Å². The van der Waals surface area contributed by atoms with Gasteiger partial charge in [0.1, 0.15) is 5.78 Å². The molecule has 0 aromatic heterocycles. The van der Waals surface area contributed by atoms with Gasteiger partial charge in [0.2, 0.25) is 0 Å². The largest absolute Gasteiger partial charge is 0.299 e. The Bertz CT molecular complexity index is 213. The first kappa shape index (κ1) is 9.39. The molecule has 3 heteroatoms. The van der Waals surface area contributed by atoms with Crippen molar-refractivity contribution in [1.82, 2.24) is 4.90 Å². The zero-order valence-electron chi connectivity index (χ0n) is 7.83. The second kappa shape index (κ2) is 3.35. The molecular weight excluding hydrogens is 154 g/mol. The second-order valence-electron chi connectivity index (χ2n) is 3.51. The fourth-order valence-corrected chi connectivity index (χ4v) is 1.58. The van der Waals surface area contributed by atoms with E-state index < -0.39 is 0 Å². The third-order valence-corrected chi connectivity index (χ3v) is 2.68. The molecule has 0 saturated carbocycles. The number of piperidine rings is 1. The van der Waals surface area contributed by atoms with Crippen molar-refractivity contribution in [3.8, 4) is 0 Å². The first-order valence-electron chi connectivity index (χ1n) is 4.28. The average molecular weight is 169 g/mol. The number of ketones is 2. The van der Waals surface area contributed by atoms with Gasteiger partial charge in [-0.05, 0) is 33.9 Å². The number of rotatable bonds is 1. The number of carbonyl (C=O) groups excluding carboxylic acids is 2. The number of hydrogen-bond donors (Lipinski definition) is 0. The standard InChI is InChI=1S/C9H15NO2/c1-6-9(12)8(7(2)11)4-5-10(6)3/h6,8H,4-5H2,1-3H3. The van der Waals surface area contributed by atoms with Crippen molar-refractivity contribution in [2.24, 2.45) is 5.92 Å². The minimum absolute atomic E-state index is 0.0138. The van der Waals surface area contributed by atoms with E-state index >= 15 is 0 Å². The summed E-state index contributed by atoms with van der Waals surface area (Å²) in [6.07, 6.45) is 0.689. The lowest BCUT2D eigenvalue weighted by Gasteiger charge is -2.32. The smallest absolute Gasteiger partial charge is 0.160 e. The lowest BCUT2D eigenvalue weighted by atomic mass is 9.88. The summed E-state index contributed by atoms with van der Waals surface area (Å²) in [7, 11) is 1.92.